The maximum atomic E-state index is 12.2. The van der Waals surface area contributed by atoms with Crippen molar-refractivity contribution < 1.29 is 13.2 Å². The first-order chi connectivity index (χ1) is 5.84. The van der Waals surface area contributed by atoms with E-state index in [0.717, 1.165) is 12.1 Å². The summed E-state index contributed by atoms with van der Waals surface area (Å²) in [7, 11) is 0. The maximum Gasteiger partial charge on any atom is 0.418 e. The lowest BCUT2D eigenvalue weighted by molar-refractivity contribution is -0.136. The molecule has 72 valence electrons. The van der Waals surface area contributed by atoms with Crippen LogP contribution in [0.1, 0.15) is 5.56 Å². The van der Waals surface area contributed by atoms with Gasteiger partial charge in [0.2, 0.25) is 0 Å². The van der Waals surface area contributed by atoms with Gasteiger partial charge in [0.1, 0.15) is 0 Å². The fourth-order valence-corrected chi connectivity index (χ4v) is 1.20. The second-order valence-corrected chi connectivity index (χ2v) is 3.22. The maximum absolute atomic E-state index is 12.2. The van der Waals surface area contributed by atoms with Crippen LogP contribution in [0.2, 0.25) is 0 Å². The van der Waals surface area contributed by atoms with Crippen LogP contribution in [0.25, 0.3) is 0 Å². The standard InChI is InChI=1S/C7H6BrF3N2/c8-5-4(12)2-1-3(6(5)13)7(9,10)11/h1-2H,12-13H2. The third kappa shape index (κ3) is 1.88. The predicted octanol–water partition coefficient (Wildman–Crippen LogP) is 2.63. The lowest BCUT2D eigenvalue weighted by Gasteiger charge is -2.11. The van der Waals surface area contributed by atoms with Crippen molar-refractivity contribution in [3.8, 4) is 0 Å². The minimum absolute atomic E-state index is 0.0855. The Balaban J connectivity index is 3.35. The number of nitrogens with two attached hydrogens (primary N) is 2. The second-order valence-electron chi connectivity index (χ2n) is 2.43. The monoisotopic (exact) mass is 254 g/mol. The number of anilines is 2. The summed E-state index contributed by atoms with van der Waals surface area (Å²) >= 11 is 2.87. The SMILES string of the molecule is Nc1ccc(C(F)(F)F)c(N)c1Br. The van der Waals surface area contributed by atoms with Crippen LogP contribution in [0.3, 0.4) is 0 Å². The summed E-state index contributed by atoms with van der Waals surface area (Å²) in [5, 5.41) is 0. The predicted molar refractivity (Wildman–Crippen MR) is 48.0 cm³/mol. The lowest BCUT2D eigenvalue weighted by atomic mass is 10.1. The van der Waals surface area contributed by atoms with Crippen LogP contribution < -0.4 is 11.5 Å². The largest absolute Gasteiger partial charge is 0.418 e. The molecule has 1 aromatic carbocycles. The number of halogens is 4. The van der Waals surface area contributed by atoms with Crippen LogP contribution in [0.4, 0.5) is 24.5 Å². The van der Waals surface area contributed by atoms with Crippen molar-refractivity contribution in [3.63, 3.8) is 0 Å². The van der Waals surface area contributed by atoms with Gasteiger partial charge in [-0.05, 0) is 28.1 Å². The van der Waals surface area contributed by atoms with Gasteiger partial charge in [-0.25, -0.2) is 0 Å². The molecule has 0 aliphatic rings. The number of benzene rings is 1. The lowest BCUT2D eigenvalue weighted by Crippen LogP contribution is -2.10. The highest BCUT2D eigenvalue weighted by atomic mass is 79.9. The van der Waals surface area contributed by atoms with Crippen molar-refractivity contribution in [1.82, 2.24) is 0 Å². The fraction of sp³-hybridized carbons (Fsp3) is 0.143. The molecule has 0 aromatic heterocycles. The van der Waals surface area contributed by atoms with Crippen molar-refractivity contribution in [2.75, 3.05) is 11.5 Å². The average molecular weight is 255 g/mol. The van der Waals surface area contributed by atoms with Gasteiger partial charge in [-0.3, -0.25) is 0 Å². The third-order valence-corrected chi connectivity index (χ3v) is 2.40. The topological polar surface area (TPSA) is 52.0 Å². The molecule has 2 nitrogen and oxygen atoms in total. The van der Waals surface area contributed by atoms with Crippen molar-refractivity contribution in [2.24, 2.45) is 0 Å². The van der Waals surface area contributed by atoms with Gasteiger partial charge in [0, 0.05) is 5.69 Å². The molecule has 6 heteroatoms. The van der Waals surface area contributed by atoms with E-state index in [4.69, 9.17) is 11.5 Å². The number of nitrogen functional groups attached to an aromatic ring is 2. The molecule has 13 heavy (non-hydrogen) atoms. The van der Waals surface area contributed by atoms with Gasteiger partial charge in [-0.15, -0.1) is 0 Å². The van der Waals surface area contributed by atoms with E-state index in [0.29, 0.717) is 0 Å². The van der Waals surface area contributed by atoms with Crippen LogP contribution in [-0.4, -0.2) is 0 Å². The summed E-state index contributed by atoms with van der Waals surface area (Å²) in [4.78, 5) is 0. The van der Waals surface area contributed by atoms with E-state index in [1.807, 2.05) is 0 Å². The Labute approximate surface area is 80.8 Å². The van der Waals surface area contributed by atoms with Gasteiger partial charge in [0.05, 0.1) is 15.7 Å². The van der Waals surface area contributed by atoms with Crippen molar-refractivity contribution in [2.45, 2.75) is 6.18 Å². The minimum atomic E-state index is -4.44. The molecule has 0 amide bonds. The van der Waals surface area contributed by atoms with Gasteiger partial charge >= 0.3 is 6.18 Å². The Morgan fingerprint density at radius 2 is 1.69 bits per heavy atom. The van der Waals surface area contributed by atoms with Gasteiger partial charge in [0.25, 0.3) is 0 Å². The number of rotatable bonds is 0. The molecule has 1 rings (SSSR count). The second kappa shape index (κ2) is 3.10. The van der Waals surface area contributed by atoms with Crippen LogP contribution in [0, 0.1) is 0 Å². The molecule has 0 aliphatic heterocycles. The van der Waals surface area contributed by atoms with Crippen molar-refractivity contribution in [1.29, 1.82) is 0 Å². The Bertz CT molecular complexity index is 335. The van der Waals surface area contributed by atoms with E-state index in [2.05, 4.69) is 15.9 Å². The molecule has 0 radical (unpaired) electrons. The van der Waals surface area contributed by atoms with E-state index in [9.17, 15) is 13.2 Å². The average Bonchev–Trinajstić information content (AvgIpc) is 1.98. The van der Waals surface area contributed by atoms with E-state index < -0.39 is 11.7 Å². The van der Waals surface area contributed by atoms with Crippen molar-refractivity contribution >= 4 is 27.3 Å². The highest BCUT2D eigenvalue weighted by Crippen LogP contribution is 2.39. The third-order valence-electron chi connectivity index (χ3n) is 1.52. The minimum Gasteiger partial charge on any atom is -0.398 e. The molecule has 1 aromatic rings. The van der Waals surface area contributed by atoms with E-state index in [1.165, 1.54) is 0 Å². The zero-order valence-electron chi connectivity index (χ0n) is 6.32. The van der Waals surface area contributed by atoms with Crippen LogP contribution in [0.5, 0.6) is 0 Å². The molecule has 0 fully saturated rings. The van der Waals surface area contributed by atoms with Gasteiger partial charge in [0.15, 0.2) is 0 Å². The number of hydrogen-bond donors (Lipinski definition) is 2. The Hall–Kier alpha value is -0.910. The molecule has 0 bridgehead atoms. The molecular formula is C7H6BrF3N2. The molecule has 0 saturated heterocycles. The fourth-order valence-electron chi connectivity index (χ4n) is 0.857. The quantitative estimate of drug-likeness (QED) is 0.700. The van der Waals surface area contributed by atoms with Gasteiger partial charge in [-0.2, -0.15) is 13.2 Å². The highest BCUT2D eigenvalue weighted by Gasteiger charge is 2.33. The Morgan fingerprint density at radius 1 is 1.15 bits per heavy atom. The van der Waals surface area contributed by atoms with E-state index in [-0.39, 0.29) is 15.8 Å². The zero-order valence-corrected chi connectivity index (χ0v) is 7.91. The van der Waals surface area contributed by atoms with Crippen LogP contribution in [-0.2, 0) is 6.18 Å². The molecular weight excluding hydrogens is 249 g/mol. The molecule has 0 unspecified atom stereocenters. The van der Waals surface area contributed by atoms with E-state index in [1.54, 1.807) is 0 Å². The number of hydrogen-bond acceptors (Lipinski definition) is 2. The Kier molecular flexibility index (Phi) is 2.42. The highest BCUT2D eigenvalue weighted by molar-refractivity contribution is 9.10. The summed E-state index contributed by atoms with van der Waals surface area (Å²) in [6, 6.07) is 2.01. The summed E-state index contributed by atoms with van der Waals surface area (Å²) in [5.74, 6) is 0. The summed E-state index contributed by atoms with van der Waals surface area (Å²) in [5.41, 5.74) is 9.48. The summed E-state index contributed by atoms with van der Waals surface area (Å²) in [6.45, 7) is 0. The molecule has 0 atom stereocenters. The van der Waals surface area contributed by atoms with Crippen molar-refractivity contribution in [3.05, 3.63) is 22.2 Å². The summed E-state index contributed by atoms with van der Waals surface area (Å²) < 4.78 is 36.7. The first-order valence-electron chi connectivity index (χ1n) is 3.24. The van der Waals surface area contributed by atoms with Crippen LogP contribution >= 0.6 is 15.9 Å². The molecule has 0 spiro atoms. The zero-order chi connectivity index (χ0) is 10.2. The van der Waals surface area contributed by atoms with Crippen LogP contribution in [0.15, 0.2) is 16.6 Å². The van der Waals surface area contributed by atoms with Gasteiger partial charge < -0.3 is 11.5 Å². The normalized spacial score (nSPS) is 11.7. The molecule has 0 saturated carbocycles. The van der Waals surface area contributed by atoms with E-state index >= 15 is 0 Å². The number of alkyl halides is 3. The first-order valence-corrected chi connectivity index (χ1v) is 4.04. The Morgan fingerprint density at radius 3 is 2.15 bits per heavy atom. The van der Waals surface area contributed by atoms with Gasteiger partial charge in [-0.1, -0.05) is 0 Å². The summed E-state index contributed by atoms with van der Waals surface area (Å²) in [6.07, 6.45) is -4.44. The molecule has 0 heterocycles. The first kappa shape index (κ1) is 10.2. The molecule has 4 N–H and O–H groups in total. The molecule has 0 aliphatic carbocycles. The smallest absolute Gasteiger partial charge is 0.398 e.